The van der Waals surface area contributed by atoms with E-state index in [0.717, 1.165) is 11.9 Å². The smallest absolute Gasteiger partial charge is 0.403 e. The Balaban J connectivity index is 0.00000361. The van der Waals surface area contributed by atoms with E-state index < -0.39 is 40.3 Å². The van der Waals surface area contributed by atoms with Crippen LogP contribution in [0.1, 0.15) is 5.56 Å². The van der Waals surface area contributed by atoms with E-state index in [0.29, 0.717) is 10.6 Å². The van der Waals surface area contributed by atoms with Gasteiger partial charge in [-0.15, -0.1) is 17.5 Å². The number of halogens is 5. The fraction of sp³-hybridized carbons (Fsp3) is 0.286. The van der Waals surface area contributed by atoms with E-state index in [1.54, 1.807) is 24.3 Å². The molecule has 0 radical (unpaired) electrons. The number of fused-ring (bicyclic) bond motifs is 1. The molecule has 2 aromatic carbocycles. The van der Waals surface area contributed by atoms with Crippen LogP contribution >= 0.6 is 24.0 Å². The molecule has 0 spiro atoms. The maximum Gasteiger partial charge on any atom is 0.406 e. The monoisotopic (exact) mass is 565 g/mol. The van der Waals surface area contributed by atoms with Gasteiger partial charge in [-0.1, -0.05) is 28.8 Å². The second-order valence-corrected chi connectivity index (χ2v) is 10.4. The molecule has 1 aromatic heterocycles. The Hall–Kier alpha value is -2.87. The molecular weight excluding hydrogens is 546 g/mol. The Bertz CT molecular complexity index is 1370. The SMILES string of the molecule is CN(CC(F)(F)F)c1nnc(-c2ccc3c(c2)N(Cc2ccc(Cl)cc2)C(=O)[C@@H](N)CS3(=O)=O)o1.Cl. The molecule has 0 bridgehead atoms. The Morgan fingerprint density at radius 1 is 1.19 bits per heavy atom. The zero-order valence-corrected chi connectivity index (χ0v) is 21.0. The lowest BCUT2D eigenvalue weighted by Crippen LogP contribution is -2.45. The minimum atomic E-state index is -4.48. The Labute approximate surface area is 215 Å². The number of alkyl halides is 3. The maximum atomic E-state index is 13.1. The van der Waals surface area contributed by atoms with Crippen molar-refractivity contribution in [3.63, 3.8) is 0 Å². The van der Waals surface area contributed by atoms with Gasteiger partial charge in [-0.2, -0.15) is 13.2 Å². The van der Waals surface area contributed by atoms with Crippen LogP contribution in [0.2, 0.25) is 5.02 Å². The highest BCUT2D eigenvalue weighted by atomic mass is 35.5. The molecule has 36 heavy (non-hydrogen) atoms. The molecule has 4 rings (SSSR count). The van der Waals surface area contributed by atoms with Crippen LogP contribution in [0.5, 0.6) is 0 Å². The number of carbonyl (C=O) groups is 1. The third-order valence-corrected chi connectivity index (χ3v) is 7.29. The molecule has 1 amide bonds. The molecule has 2 heterocycles. The van der Waals surface area contributed by atoms with E-state index in [-0.39, 0.29) is 47.0 Å². The van der Waals surface area contributed by atoms with Gasteiger partial charge in [-0.05, 0) is 35.9 Å². The molecule has 1 aliphatic rings. The summed E-state index contributed by atoms with van der Waals surface area (Å²) in [5, 5.41) is 7.90. The third-order valence-electron chi connectivity index (χ3n) is 5.23. The fourth-order valence-electron chi connectivity index (χ4n) is 3.60. The first-order valence-electron chi connectivity index (χ1n) is 10.1. The van der Waals surface area contributed by atoms with Gasteiger partial charge in [0, 0.05) is 17.6 Å². The molecule has 194 valence electrons. The molecule has 1 atom stereocenters. The Kier molecular flexibility index (Phi) is 7.89. The molecule has 1 aliphatic heterocycles. The first-order valence-corrected chi connectivity index (χ1v) is 12.2. The van der Waals surface area contributed by atoms with Crippen molar-refractivity contribution in [3.05, 3.63) is 53.1 Å². The average molecular weight is 566 g/mol. The maximum absolute atomic E-state index is 13.1. The number of hydrogen-bond acceptors (Lipinski definition) is 8. The summed E-state index contributed by atoms with van der Waals surface area (Å²) in [5.74, 6) is -1.35. The standard InChI is InChI=1S/C21H19ClF3N5O4S.ClH/c1-29(11-21(23,24)25)20-28-27-18(34-20)13-4-7-17-16(8-13)30(9-12-2-5-14(22)6-3-12)19(31)15(26)10-35(17,32)33;/h2-8,15H,9-11,26H2,1H3;1H/t15-;/m0./s1. The average Bonchev–Trinajstić information content (AvgIpc) is 3.25. The summed E-state index contributed by atoms with van der Waals surface area (Å²) in [4.78, 5) is 14.9. The zero-order valence-electron chi connectivity index (χ0n) is 18.6. The Morgan fingerprint density at radius 2 is 1.86 bits per heavy atom. The highest BCUT2D eigenvalue weighted by Crippen LogP contribution is 2.35. The molecule has 2 N–H and O–H groups in total. The number of amides is 1. The van der Waals surface area contributed by atoms with E-state index in [1.165, 1.54) is 23.1 Å². The van der Waals surface area contributed by atoms with Crippen LogP contribution in [0.4, 0.5) is 24.9 Å². The number of nitrogens with zero attached hydrogens (tertiary/aromatic N) is 4. The number of sulfone groups is 1. The summed E-state index contributed by atoms with van der Waals surface area (Å²) in [6.07, 6.45) is -4.48. The van der Waals surface area contributed by atoms with Gasteiger partial charge in [0.15, 0.2) is 9.84 Å². The summed E-state index contributed by atoms with van der Waals surface area (Å²) in [6, 6.07) is 8.97. The summed E-state index contributed by atoms with van der Waals surface area (Å²) in [5.41, 5.74) is 6.83. The first-order chi connectivity index (χ1) is 16.3. The lowest BCUT2D eigenvalue weighted by molar-refractivity contribution is -0.120. The lowest BCUT2D eigenvalue weighted by Gasteiger charge is -2.24. The van der Waals surface area contributed by atoms with Crippen molar-refractivity contribution in [3.8, 4) is 11.5 Å². The summed E-state index contributed by atoms with van der Waals surface area (Å²) < 4.78 is 69.3. The van der Waals surface area contributed by atoms with Gasteiger partial charge >= 0.3 is 12.2 Å². The molecule has 0 saturated carbocycles. The van der Waals surface area contributed by atoms with Gasteiger partial charge in [-0.25, -0.2) is 8.42 Å². The second kappa shape index (κ2) is 10.2. The van der Waals surface area contributed by atoms with Crippen LogP contribution in [-0.2, 0) is 21.2 Å². The number of hydrogen-bond donors (Lipinski definition) is 1. The highest BCUT2D eigenvalue weighted by Gasteiger charge is 2.37. The van der Waals surface area contributed by atoms with E-state index in [9.17, 15) is 26.4 Å². The molecule has 9 nitrogen and oxygen atoms in total. The highest BCUT2D eigenvalue weighted by molar-refractivity contribution is 7.91. The van der Waals surface area contributed by atoms with Crippen molar-refractivity contribution < 1.29 is 30.8 Å². The molecule has 0 unspecified atom stereocenters. The van der Waals surface area contributed by atoms with E-state index in [1.807, 2.05) is 0 Å². The van der Waals surface area contributed by atoms with Crippen LogP contribution < -0.4 is 15.5 Å². The molecule has 15 heteroatoms. The summed E-state index contributed by atoms with van der Waals surface area (Å²) >= 11 is 5.93. The number of anilines is 2. The molecule has 0 aliphatic carbocycles. The van der Waals surface area contributed by atoms with Crippen LogP contribution in [-0.4, -0.2) is 56.1 Å². The predicted octanol–water partition coefficient (Wildman–Crippen LogP) is 3.46. The van der Waals surface area contributed by atoms with Crippen molar-refractivity contribution >= 4 is 51.5 Å². The van der Waals surface area contributed by atoms with Crippen molar-refractivity contribution in [2.24, 2.45) is 5.73 Å². The first kappa shape index (κ1) is 27.7. The van der Waals surface area contributed by atoms with E-state index in [4.69, 9.17) is 21.8 Å². The van der Waals surface area contributed by atoms with Crippen LogP contribution in [0.15, 0.2) is 51.8 Å². The summed E-state index contributed by atoms with van der Waals surface area (Å²) in [6.45, 7) is -1.31. The van der Waals surface area contributed by atoms with Crippen molar-refractivity contribution in [2.75, 3.05) is 29.1 Å². The van der Waals surface area contributed by atoms with Crippen LogP contribution in [0.25, 0.3) is 11.5 Å². The fourth-order valence-corrected chi connectivity index (χ4v) is 5.28. The van der Waals surface area contributed by atoms with Gasteiger partial charge in [0.25, 0.3) is 0 Å². The summed E-state index contributed by atoms with van der Waals surface area (Å²) in [7, 11) is -2.79. The van der Waals surface area contributed by atoms with Gasteiger partial charge in [0.05, 0.1) is 28.9 Å². The molecular formula is C21H20Cl2F3N5O4S. The number of nitrogens with two attached hydrogens (primary N) is 1. The molecule has 0 saturated heterocycles. The van der Waals surface area contributed by atoms with Gasteiger partial charge in [0.1, 0.15) is 6.54 Å². The second-order valence-electron chi connectivity index (χ2n) is 7.98. The molecule has 3 aromatic rings. The minimum absolute atomic E-state index is 0. The van der Waals surface area contributed by atoms with Crippen molar-refractivity contribution in [2.45, 2.75) is 23.7 Å². The normalized spacial score (nSPS) is 17.2. The third kappa shape index (κ3) is 5.91. The van der Waals surface area contributed by atoms with E-state index in [2.05, 4.69) is 10.2 Å². The Morgan fingerprint density at radius 3 is 2.50 bits per heavy atom. The minimum Gasteiger partial charge on any atom is -0.403 e. The number of aromatic nitrogens is 2. The number of rotatable bonds is 5. The van der Waals surface area contributed by atoms with Crippen molar-refractivity contribution in [1.29, 1.82) is 0 Å². The van der Waals surface area contributed by atoms with Crippen molar-refractivity contribution in [1.82, 2.24) is 10.2 Å². The van der Waals surface area contributed by atoms with Crippen LogP contribution in [0, 0.1) is 0 Å². The predicted molar refractivity (Wildman–Crippen MR) is 129 cm³/mol. The quantitative estimate of drug-likeness (QED) is 0.499. The topological polar surface area (TPSA) is 123 Å². The number of carbonyl (C=O) groups excluding carboxylic acids is 1. The largest absolute Gasteiger partial charge is 0.406 e. The number of benzene rings is 2. The van der Waals surface area contributed by atoms with E-state index >= 15 is 0 Å². The van der Waals surface area contributed by atoms with Gasteiger partial charge in [0.2, 0.25) is 11.8 Å². The van der Waals surface area contributed by atoms with Gasteiger partial charge in [-0.3, -0.25) is 4.79 Å². The van der Waals surface area contributed by atoms with Gasteiger partial charge < -0.3 is 20.0 Å². The lowest BCUT2D eigenvalue weighted by atomic mass is 10.1. The molecule has 0 fully saturated rings. The zero-order chi connectivity index (χ0) is 25.5. The van der Waals surface area contributed by atoms with Crippen LogP contribution in [0.3, 0.4) is 0 Å².